The lowest BCUT2D eigenvalue weighted by atomic mass is 9.95. The van der Waals surface area contributed by atoms with Crippen LogP contribution in [0.15, 0.2) is 18.2 Å². The van der Waals surface area contributed by atoms with E-state index >= 15 is 0 Å². The monoisotopic (exact) mass is 221 g/mol. The van der Waals surface area contributed by atoms with Gasteiger partial charge in [0.05, 0.1) is 5.52 Å². The first-order chi connectivity index (χ1) is 7.36. The molecular weight excluding hydrogens is 210 g/mol. The second-order valence-corrected chi connectivity index (χ2v) is 4.35. The SMILES string of the molecule is Clc1[nH]nc2cccc(C3CCNC3)c12. The van der Waals surface area contributed by atoms with Gasteiger partial charge in [0, 0.05) is 11.9 Å². The average molecular weight is 222 g/mol. The maximum atomic E-state index is 6.12. The molecule has 0 amide bonds. The Morgan fingerprint density at radius 2 is 2.33 bits per heavy atom. The van der Waals surface area contributed by atoms with E-state index < -0.39 is 0 Å². The summed E-state index contributed by atoms with van der Waals surface area (Å²) in [6.07, 6.45) is 1.18. The molecule has 0 aliphatic carbocycles. The fourth-order valence-electron chi connectivity index (χ4n) is 2.32. The van der Waals surface area contributed by atoms with Crippen molar-refractivity contribution in [2.24, 2.45) is 0 Å². The number of hydrogen-bond donors (Lipinski definition) is 2. The molecule has 1 unspecified atom stereocenters. The molecule has 2 N–H and O–H groups in total. The highest BCUT2D eigenvalue weighted by atomic mass is 35.5. The number of benzene rings is 1. The Balaban J connectivity index is 2.19. The van der Waals surface area contributed by atoms with Gasteiger partial charge in [-0.05, 0) is 30.5 Å². The molecular formula is C11H12ClN3. The maximum absolute atomic E-state index is 6.12. The number of nitrogens with zero attached hydrogens (tertiary/aromatic N) is 1. The normalized spacial score (nSPS) is 21.3. The molecule has 1 aromatic heterocycles. The van der Waals surface area contributed by atoms with Gasteiger partial charge in [-0.2, -0.15) is 5.10 Å². The molecule has 1 atom stereocenters. The van der Waals surface area contributed by atoms with Gasteiger partial charge in [0.25, 0.3) is 0 Å². The third-order valence-electron chi connectivity index (χ3n) is 3.07. The first-order valence-corrected chi connectivity index (χ1v) is 5.57. The molecule has 1 aromatic carbocycles. The third-order valence-corrected chi connectivity index (χ3v) is 3.34. The summed E-state index contributed by atoms with van der Waals surface area (Å²) in [6, 6.07) is 6.19. The van der Waals surface area contributed by atoms with Crippen molar-refractivity contribution >= 4 is 22.5 Å². The lowest BCUT2D eigenvalue weighted by Crippen LogP contribution is -2.08. The number of aromatic amines is 1. The van der Waals surface area contributed by atoms with Crippen molar-refractivity contribution in [1.29, 1.82) is 0 Å². The maximum Gasteiger partial charge on any atom is 0.132 e. The molecule has 0 bridgehead atoms. The summed E-state index contributed by atoms with van der Waals surface area (Å²) in [5, 5.41) is 12.1. The minimum Gasteiger partial charge on any atom is -0.316 e. The summed E-state index contributed by atoms with van der Waals surface area (Å²) in [6.45, 7) is 2.14. The van der Waals surface area contributed by atoms with E-state index in [9.17, 15) is 0 Å². The quantitative estimate of drug-likeness (QED) is 0.776. The lowest BCUT2D eigenvalue weighted by Gasteiger charge is -2.09. The Hall–Kier alpha value is -1.06. The highest BCUT2D eigenvalue weighted by Crippen LogP contribution is 2.32. The molecule has 0 radical (unpaired) electrons. The second-order valence-electron chi connectivity index (χ2n) is 3.97. The minimum atomic E-state index is 0.573. The van der Waals surface area contributed by atoms with Gasteiger partial charge in [-0.25, -0.2) is 0 Å². The Morgan fingerprint density at radius 3 is 3.13 bits per heavy atom. The summed E-state index contributed by atoms with van der Waals surface area (Å²) in [4.78, 5) is 0. The third kappa shape index (κ3) is 1.43. The Labute approximate surface area is 92.8 Å². The van der Waals surface area contributed by atoms with Crippen molar-refractivity contribution < 1.29 is 0 Å². The van der Waals surface area contributed by atoms with E-state index in [2.05, 4.69) is 21.6 Å². The van der Waals surface area contributed by atoms with Crippen molar-refractivity contribution in [3.8, 4) is 0 Å². The summed E-state index contributed by atoms with van der Waals surface area (Å²) in [5.41, 5.74) is 2.28. The van der Waals surface area contributed by atoms with Crippen LogP contribution in [-0.2, 0) is 0 Å². The zero-order valence-corrected chi connectivity index (χ0v) is 9.01. The van der Waals surface area contributed by atoms with Crippen LogP contribution in [0.3, 0.4) is 0 Å². The van der Waals surface area contributed by atoms with Crippen LogP contribution in [0.2, 0.25) is 5.15 Å². The van der Waals surface area contributed by atoms with Gasteiger partial charge in [-0.3, -0.25) is 5.10 Å². The lowest BCUT2D eigenvalue weighted by molar-refractivity contribution is 0.770. The van der Waals surface area contributed by atoms with E-state index in [1.807, 2.05) is 12.1 Å². The molecule has 4 heteroatoms. The molecule has 1 aliphatic heterocycles. The smallest absolute Gasteiger partial charge is 0.132 e. The van der Waals surface area contributed by atoms with Crippen molar-refractivity contribution in [2.45, 2.75) is 12.3 Å². The average Bonchev–Trinajstić information content (AvgIpc) is 2.88. The van der Waals surface area contributed by atoms with Crippen LogP contribution in [0.4, 0.5) is 0 Å². The second kappa shape index (κ2) is 3.51. The molecule has 3 rings (SSSR count). The molecule has 2 aromatic rings. The zero-order valence-electron chi connectivity index (χ0n) is 8.26. The van der Waals surface area contributed by atoms with Crippen LogP contribution in [0, 0.1) is 0 Å². The van der Waals surface area contributed by atoms with Crippen molar-refractivity contribution in [1.82, 2.24) is 15.5 Å². The highest BCUT2D eigenvalue weighted by Gasteiger charge is 2.20. The van der Waals surface area contributed by atoms with Crippen molar-refractivity contribution in [3.63, 3.8) is 0 Å². The number of hydrogen-bond acceptors (Lipinski definition) is 2. The van der Waals surface area contributed by atoms with Crippen LogP contribution in [0.25, 0.3) is 10.9 Å². The van der Waals surface area contributed by atoms with E-state index in [4.69, 9.17) is 11.6 Å². The van der Waals surface area contributed by atoms with Gasteiger partial charge in [0.1, 0.15) is 5.15 Å². The standard InChI is InChI=1S/C11H12ClN3/c12-11-10-8(7-4-5-13-6-7)2-1-3-9(10)14-15-11/h1-3,7,13H,4-6H2,(H,14,15). The first-order valence-electron chi connectivity index (χ1n) is 5.19. The van der Waals surface area contributed by atoms with E-state index in [1.54, 1.807) is 0 Å². The van der Waals surface area contributed by atoms with Crippen molar-refractivity contribution in [2.75, 3.05) is 13.1 Å². The fraction of sp³-hybridized carbons (Fsp3) is 0.364. The van der Waals surface area contributed by atoms with E-state index in [0.29, 0.717) is 11.1 Å². The molecule has 1 aliphatic rings. The molecule has 3 nitrogen and oxygen atoms in total. The first kappa shape index (κ1) is 9.19. The minimum absolute atomic E-state index is 0.573. The molecule has 0 spiro atoms. The number of aromatic nitrogens is 2. The van der Waals surface area contributed by atoms with Crippen LogP contribution >= 0.6 is 11.6 Å². The molecule has 1 saturated heterocycles. The van der Waals surface area contributed by atoms with E-state index in [1.165, 1.54) is 12.0 Å². The van der Waals surface area contributed by atoms with E-state index in [-0.39, 0.29) is 0 Å². The molecule has 2 heterocycles. The van der Waals surface area contributed by atoms with Crippen LogP contribution in [0.1, 0.15) is 17.9 Å². The number of rotatable bonds is 1. The number of H-pyrrole nitrogens is 1. The molecule has 1 fully saturated rings. The predicted octanol–water partition coefficient (Wildman–Crippen LogP) is 2.29. The summed E-state index contributed by atoms with van der Waals surface area (Å²) < 4.78 is 0. The van der Waals surface area contributed by atoms with Crippen LogP contribution in [0.5, 0.6) is 0 Å². The summed E-state index contributed by atoms with van der Waals surface area (Å²) >= 11 is 6.12. The van der Waals surface area contributed by atoms with Gasteiger partial charge in [-0.1, -0.05) is 23.7 Å². The van der Waals surface area contributed by atoms with Gasteiger partial charge < -0.3 is 5.32 Å². The number of fused-ring (bicyclic) bond motifs is 1. The van der Waals surface area contributed by atoms with Crippen LogP contribution < -0.4 is 5.32 Å². The van der Waals surface area contributed by atoms with Crippen LogP contribution in [-0.4, -0.2) is 23.3 Å². The Morgan fingerprint density at radius 1 is 1.40 bits per heavy atom. The Kier molecular flexibility index (Phi) is 2.15. The van der Waals surface area contributed by atoms with Gasteiger partial charge in [0.2, 0.25) is 0 Å². The van der Waals surface area contributed by atoms with Crippen molar-refractivity contribution in [3.05, 3.63) is 28.9 Å². The summed E-state index contributed by atoms with van der Waals surface area (Å²) in [5.74, 6) is 0.573. The topological polar surface area (TPSA) is 40.7 Å². The largest absolute Gasteiger partial charge is 0.316 e. The predicted molar refractivity (Wildman–Crippen MR) is 61.3 cm³/mol. The highest BCUT2D eigenvalue weighted by molar-refractivity contribution is 6.34. The van der Waals surface area contributed by atoms with Gasteiger partial charge >= 0.3 is 0 Å². The number of nitrogens with one attached hydrogen (secondary N) is 2. The Bertz CT molecular complexity index is 486. The zero-order chi connectivity index (χ0) is 10.3. The summed E-state index contributed by atoms with van der Waals surface area (Å²) in [7, 11) is 0. The molecule has 78 valence electrons. The number of halogens is 1. The van der Waals surface area contributed by atoms with E-state index in [0.717, 1.165) is 24.0 Å². The molecule has 15 heavy (non-hydrogen) atoms. The van der Waals surface area contributed by atoms with Gasteiger partial charge in [-0.15, -0.1) is 0 Å². The van der Waals surface area contributed by atoms with Gasteiger partial charge in [0.15, 0.2) is 0 Å². The molecule has 0 saturated carbocycles. The fourth-order valence-corrected chi connectivity index (χ4v) is 2.56.